The largest absolute Gasteiger partial charge is 0.354 e. The van der Waals surface area contributed by atoms with Crippen LogP contribution in [0.2, 0.25) is 0 Å². The van der Waals surface area contributed by atoms with E-state index in [4.69, 9.17) is 0 Å². The van der Waals surface area contributed by atoms with Crippen LogP contribution in [0.1, 0.15) is 47.0 Å². The zero-order valence-electron chi connectivity index (χ0n) is 19.7. The van der Waals surface area contributed by atoms with Gasteiger partial charge in [0, 0.05) is 29.5 Å². The van der Waals surface area contributed by atoms with Crippen molar-refractivity contribution in [2.24, 2.45) is 5.92 Å². The Hall–Kier alpha value is -2.92. The first-order valence-electron chi connectivity index (χ1n) is 11.6. The smallest absolute Gasteiger partial charge is 0.224 e. The van der Waals surface area contributed by atoms with Crippen molar-refractivity contribution in [2.45, 2.75) is 58.0 Å². The Morgan fingerprint density at radius 3 is 2.22 bits per heavy atom. The van der Waals surface area contributed by atoms with Gasteiger partial charge in [-0.05, 0) is 82.2 Å². The highest BCUT2D eigenvalue weighted by Gasteiger charge is 2.37. The summed E-state index contributed by atoms with van der Waals surface area (Å²) < 4.78 is 0. The van der Waals surface area contributed by atoms with Gasteiger partial charge in [-0.15, -0.1) is 0 Å². The van der Waals surface area contributed by atoms with E-state index in [2.05, 4.69) is 102 Å². The SMILES string of the molecule is CC1(C)CC(CCNc2nccc(Nc3ccc(-c4ccccc4)cc3)n2)CC(C)(C)N1. The predicted molar refractivity (Wildman–Crippen MR) is 134 cm³/mol. The fourth-order valence-corrected chi connectivity index (χ4v) is 5.16. The number of anilines is 3. The standard InChI is InChI=1S/C27H35N5/c1-26(2)18-20(19-27(3,4)32-26)14-16-28-25-29-17-15-24(31-25)30-23-12-10-22(11-13-23)21-8-6-5-7-9-21/h5-13,15,17,20,32H,14,16,18-19H2,1-4H3,(H2,28,29,30,31). The van der Waals surface area contributed by atoms with Crippen LogP contribution in [0.25, 0.3) is 11.1 Å². The van der Waals surface area contributed by atoms with Crippen molar-refractivity contribution in [2.75, 3.05) is 17.2 Å². The number of nitrogens with one attached hydrogen (secondary N) is 3. The van der Waals surface area contributed by atoms with E-state index < -0.39 is 0 Å². The van der Waals surface area contributed by atoms with E-state index in [9.17, 15) is 0 Å². The summed E-state index contributed by atoms with van der Waals surface area (Å²) in [7, 11) is 0. The predicted octanol–water partition coefficient (Wildman–Crippen LogP) is 6.25. The maximum atomic E-state index is 4.64. The molecule has 0 spiro atoms. The van der Waals surface area contributed by atoms with Gasteiger partial charge in [-0.3, -0.25) is 0 Å². The van der Waals surface area contributed by atoms with Crippen molar-refractivity contribution < 1.29 is 0 Å². The lowest BCUT2D eigenvalue weighted by Crippen LogP contribution is -2.57. The number of piperidine rings is 1. The highest BCUT2D eigenvalue weighted by molar-refractivity contribution is 5.67. The zero-order valence-corrected chi connectivity index (χ0v) is 19.7. The molecule has 0 unspecified atom stereocenters. The summed E-state index contributed by atoms with van der Waals surface area (Å²) in [5.41, 5.74) is 3.79. The summed E-state index contributed by atoms with van der Waals surface area (Å²) in [6.07, 6.45) is 5.31. The third kappa shape index (κ3) is 6.07. The maximum Gasteiger partial charge on any atom is 0.224 e. The van der Waals surface area contributed by atoms with E-state index >= 15 is 0 Å². The molecule has 5 nitrogen and oxygen atoms in total. The quantitative estimate of drug-likeness (QED) is 0.415. The monoisotopic (exact) mass is 429 g/mol. The van der Waals surface area contributed by atoms with Crippen LogP contribution in [-0.4, -0.2) is 27.6 Å². The van der Waals surface area contributed by atoms with Crippen LogP contribution in [0.4, 0.5) is 17.5 Å². The Morgan fingerprint density at radius 2 is 1.53 bits per heavy atom. The van der Waals surface area contributed by atoms with Crippen molar-refractivity contribution in [3.05, 3.63) is 66.9 Å². The van der Waals surface area contributed by atoms with Gasteiger partial charge in [0.2, 0.25) is 5.95 Å². The van der Waals surface area contributed by atoms with Crippen LogP contribution in [0.15, 0.2) is 66.9 Å². The van der Waals surface area contributed by atoms with Crippen molar-refractivity contribution in [1.29, 1.82) is 0 Å². The Bertz CT molecular complexity index is 996. The Labute approximate surface area is 192 Å². The number of hydrogen-bond acceptors (Lipinski definition) is 5. The summed E-state index contributed by atoms with van der Waals surface area (Å²) in [6, 6.07) is 20.7. The molecule has 0 saturated carbocycles. The van der Waals surface area contributed by atoms with Gasteiger partial charge in [-0.25, -0.2) is 4.98 Å². The van der Waals surface area contributed by atoms with Crippen LogP contribution in [0.5, 0.6) is 0 Å². The lowest BCUT2D eigenvalue weighted by molar-refractivity contribution is 0.125. The van der Waals surface area contributed by atoms with Crippen molar-refractivity contribution in [3.8, 4) is 11.1 Å². The molecule has 1 aliphatic rings. The summed E-state index contributed by atoms with van der Waals surface area (Å²) >= 11 is 0. The highest BCUT2D eigenvalue weighted by atomic mass is 15.1. The Kier molecular flexibility index (Phi) is 6.47. The molecule has 168 valence electrons. The second-order valence-corrected chi connectivity index (χ2v) is 10.2. The number of hydrogen-bond donors (Lipinski definition) is 3. The van der Waals surface area contributed by atoms with Gasteiger partial charge in [-0.1, -0.05) is 42.5 Å². The fourth-order valence-electron chi connectivity index (χ4n) is 5.16. The molecule has 3 N–H and O–H groups in total. The minimum absolute atomic E-state index is 0.183. The first kappa shape index (κ1) is 22.3. The van der Waals surface area contributed by atoms with Crippen LogP contribution in [0, 0.1) is 5.92 Å². The molecule has 0 aliphatic carbocycles. The van der Waals surface area contributed by atoms with E-state index in [1.165, 1.54) is 24.0 Å². The summed E-state index contributed by atoms with van der Waals surface area (Å²) in [5.74, 6) is 2.15. The fraction of sp³-hybridized carbons (Fsp3) is 0.407. The maximum absolute atomic E-state index is 4.64. The lowest BCUT2D eigenvalue weighted by Gasteiger charge is -2.46. The van der Waals surface area contributed by atoms with Gasteiger partial charge in [0.05, 0.1) is 0 Å². The van der Waals surface area contributed by atoms with Crippen LogP contribution < -0.4 is 16.0 Å². The lowest BCUT2D eigenvalue weighted by atomic mass is 9.75. The molecule has 1 aliphatic heterocycles. The minimum Gasteiger partial charge on any atom is -0.354 e. The molecular formula is C27H35N5. The number of rotatable bonds is 7. The first-order chi connectivity index (χ1) is 15.3. The van der Waals surface area contributed by atoms with Crippen molar-refractivity contribution in [1.82, 2.24) is 15.3 Å². The van der Waals surface area contributed by atoms with E-state index in [0.29, 0.717) is 11.9 Å². The third-order valence-electron chi connectivity index (χ3n) is 6.03. The molecule has 0 radical (unpaired) electrons. The highest BCUT2D eigenvalue weighted by Crippen LogP contribution is 2.34. The van der Waals surface area contributed by atoms with Crippen LogP contribution in [0.3, 0.4) is 0 Å². The number of aromatic nitrogens is 2. The summed E-state index contributed by atoms with van der Waals surface area (Å²) in [6.45, 7) is 10.1. The molecule has 5 heteroatoms. The molecule has 2 aromatic carbocycles. The van der Waals surface area contributed by atoms with Crippen molar-refractivity contribution >= 4 is 17.5 Å². The molecular weight excluding hydrogens is 394 g/mol. The van der Waals surface area contributed by atoms with E-state index in [0.717, 1.165) is 24.5 Å². The van der Waals surface area contributed by atoms with Gasteiger partial charge in [0.25, 0.3) is 0 Å². The summed E-state index contributed by atoms with van der Waals surface area (Å²) in [5, 5.41) is 10.6. The Balaban J connectivity index is 1.32. The van der Waals surface area contributed by atoms with Crippen LogP contribution in [-0.2, 0) is 0 Å². The van der Waals surface area contributed by atoms with Gasteiger partial charge in [0.15, 0.2) is 0 Å². The molecule has 0 atom stereocenters. The average molecular weight is 430 g/mol. The van der Waals surface area contributed by atoms with Gasteiger partial charge >= 0.3 is 0 Å². The van der Waals surface area contributed by atoms with E-state index in [-0.39, 0.29) is 11.1 Å². The zero-order chi connectivity index (χ0) is 22.6. The van der Waals surface area contributed by atoms with E-state index in [1.807, 2.05) is 12.1 Å². The molecule has 0 bridgehead atoms. The Morgan fingerprint density at radius 1 is 0.875 bits per heavy atom. The molecule has 4 rings (SSSR count). The number of benzene rings is 2. The van der Waals surface area contributed by atoms with Gasteiger partial charge in [0.1, 0.15) is 5.82 Å². The number of nitrogens with zero attached hydrogens (tertiary/aromatic N) is 2. The molecule has 1 saturated heterocycles. The average Bonchev–Trinajstić information content (AvgIpc) is 2.73. The van der Waals surface area contributed by atoms with Crippen molar-refractivity contribution in [3.63, 3.8) is 0 Å². The van der Waals surface area contributed by atoms with Gasteiger partial charge < -0.3 is 16.0 Å². The second-order valence-electron chi connectivity index (χ2n) is 10.2. The molecule has 1 fully saturated rings. The first-order valence-corrected chi connectivity index (χ1v) is 11.6. The molecule has 0 amide bonds. The minimum atomic E-state index is 0.183. The second kappa shape index (κ2) is 9.29. The van der Waals surface area contributed by atoms with E-state index in [1.54, 1.807) is 6.20 Å². The van der Waals surface area contributed by atoms with Gasteiger partial charge in [-0.2, -0.15) is 4.98 Å². The third-order valence-corrected chi connectivity index (χ3v) is 6.03. The van der Waals surface area contributed by atoms with Crippen LogP contribution >= 0.6 is 0 Å². The summed E-state index contributed by atoms with van der Waals surface area (Å²) in [4.78, 5) is 9.04. The molecule has 2 heterocycles. The normalized spacial score (nSPS) is 17.6. The topological polar surface area (TPSA) is 61.9 Å². The molecule has 3 aromatic rings. The molecule has 32 heavy (non-hydrogen) atoms. The molecule has 1 aromatic heterocycles.